The fraction of sp³-hybridized carbons (Fsp3) is 0.611. The molecule has 1 amide bonds. The highest BCUT2D eigenvalue weighted by Gasteiger charge is 2.32. The molecule has 0 spiro atoms. The zero-order valence-corrected chi connectivity index (χ0v) is 17.0. The van der Waals surface area contributed by atoms with Gasteiger partial charge in [-0.1, -0.05) is 11.6 Å². The van der Waals surface area contributed by atoms with Gasteiger partial charge in [0.25, 0.3) is 5.91 Å². The Bertz CT molecular complexity index is 797. The van der Waals surface area contributed by atoms with E-state index in [4.69, 9.17) is 11.6 Å². The number of likely N-dealkylation sites (tertiary alicyclic amines) is 1. The molecule has 0 bridgehead atoms. The molecular weight excluding hydrogens is 393 g/mol. The van der Waals surface area contributed by atoms with Gasteiger partial charge in [0.1, 0.15) is 5.82 Å². The molecule has 27 heavy (non-hydrogen) atoms. The minimum Gasteiger partial charge on any atom is -0.335 e. The number of rotatable bonds is 4. The lowest BCUT2D eigenvalue weighted by atomic mass is 10.0. The van der Waals surface area contributed by atoms with E-state index in [2.05, 4.69) is 6.92 Å². The number of piperidine rings is 1. The third kappa shape index (κ3) is 4.62. The van der Waals surface area contributed by atoms with Crippen LogP contribution >= 0.6 is 11.6 Å². The van der Waals surface area contributed by atoms with Crippen LogP contribution in [0, 0.1) is 5.82 Å². The molecule has 6 nitrogen and oxygen atoms in total. The van der Waals surface area contributed by atoms with Gasteiger partial charge >= 0.3 is 0 Å². The van der Waals surface area contributed by atoms with Crippen LogP contribution in [0.4, 0.5) is 4.39 Å². The zero-order chi connectivity index (χ0) is 19.6. The smallest absolute Gasteiger partial charge is 0.277 e. The highest BCUT2D eigenvalue weighted by Crippen LogP contribution is 2.23. The Kier molecular flexibility index (Phi) is 6.40. The molecule has 0 aromatic heterocycles. The quantitative estimate of drug-likeness (QED) is 0.785. The molecular formula is C18H26ClFN3O3S+. The summed E-state index contributed by atoms with van der Waals surface area (Å²) in [6.45, 7) is 4.87. The van der Waals surface area contributed by atoms with Crippen molar-refractivity contribution in [1.82, 2.24) is 9.21 Å². The van der Waals surface area contributed by atoms with Gasteiger partial charge in [-0.05, 0) is 44.4 Å². The monoisotopic (exact) mass is 418 g/mol. The maximum Gasteiger partial charge on any atom is 0.277 e. The summed E-state index contributed by atoms with van der Waals surface area (Å²) in [6.07, 6.45) is 3.52. The minimum atomic E-state index is -3.75. The van der Waals surface area contributed by atoms with E-state index >= 15 is 0 Å². The third-order valence-electron chi connectivity index (χ3n) is 5.58. The van der Waals surface area contributed by atoms with Crippen molar-refractivity contribution in [1.29, 1.82) is 0 Å². The zero-order valence-electron chi connectivity index (χ0n) is 15.5. The average Bonchev–Trinajstić information content (AvgIpc) is 2.65. The maximum absolute atomic E-state index is 13.3. The van der Waals surface area contributed by atoms with Crippen LogP contribution < -0.4 is 4.90 Å². The molecule has 9 heteroatoms. The Balaban J connectivity index is 1.59. The van der Waals surface area contributed by atoms with Crippen molar-refractivity contribution in [3.63, 3.8) is 0 Å². The van der Waals surface area contributed by atoms with E-state index in [-0.39, 0.29) is 28.9 Å². The van der Waals surface area contributed by atoms with Crippen molar-refractivity contribution in [3.8, 4) is 0 Å². The Hall–Kier alpha value is -1.22. The summed E-state index contributed by atoms with van der Waals surface area (Å²) in [4.78, 5) is 15.6. The summed E-state index contributed by atoms with van der Waals surface area (Å²) >= 11 is 5.71. The summed E-state index contributed by atoms with van der Waals surface area (Å²) in [5.74, 6) is -0.568. The number of carbonyl (C=O) groups excluding carboxylic acids is 1. The molecule has 150 valence electrons. The second-order valence-electron chi connectivity index (χ2n) is 7.34. The van der Waals surface area contributed by atoms with Crippen molar-refractivity contribution in [2.45, 2.75) is 37.1 Å². The lowest BCUT2D eigenvalue weighted by Gasteiger charge is -2.36. The predicted octanol–water partition coefficient (Wildman–Crippen LogP) is 0.769. The lowest BCUT2D eigenvalue weighted by Crippen LogP contribution is -3.17. The number of benzene rings is 1. The Labute approximate surface area is 164 Å². The van der Waals surface area contributed by atoms with Gasteiger partial charge in [-0.15, -0.1) is 0 Å². The molecule has 1 unspecified atom stereocenters. The topological polar surface area (TPSA) is 62.1 Å². The summed E-state index contributed by atoms with van der Waals surface area (Å²) < 4.78 is 40.1. The van der Waals surface area contributed by atoms with Gasteiger partial charge in [0.15, 0.2) is 6.54 Å². The first-order valence-electron chi connectivity index (χ1n) is 9.36. The third-order valence-corrected chi connectivity index (χ3v) is 7.76. The summed E-state index contributed by atoms with van der Waals surface area (Å²) in [6, 6.07) is 3.89. The normalized spacial score (nSPS) is 24.8. The van der Waals surface area contributed by atoms with Gasteiger partial charge in [0.2, 0.25) is 10.0 Å². The van der Waals surface area contributed by atoms with Crippen molar-refractivity contribution in [3.05, 3.63) is 29.0 Å². The highest BCUT2D eigenvalue weighted by molar-refractivity contribution is 7.89. The number of nitrogens with one attached hydrogen (secondary N) is 1. The molecule has 2 heterocycles. The van der Waals surface area contributed by atoms with Crippen molar-refractivity contribution in [2.75, 3.05) is 39.3 Å². The molecule has 3 rings (SSSR count). The van der Waals surface area contributed by atoms with Crippen LogP contribution in [0.25, 0.3) is 0 Å². The van der Waals surface area contributed by atoms with E-state index in [1.165, 1.54) is 21.7 Å². The van der Waals surface area contributed by atoms with Crippen LogP contribution in [0.5, 0.6) is 0 Å². The number of hydrogen-bond acceptors (Lipinski definition) is 3. The second-order valence-corrected chi connectivity index (χ2v) is 9.69. The number of quaternary nitrogens is 1. The SMILES string of the molecule is C[C@@H]1CCCC[NH+]1CC(=O)N1CCN(S(=O)(=O)c2ccc(F)c(Cl)c2)CC1. The fourth-order valence-electron chi connectivity index (χ4n) is 3.79. The van der Waals surface area contributed by atoms with Gasteiger partial charge in [0.05, 0.1) is 22.5 Å². The number of amides is 1. The second kappa shape index (κ2) is 8.43. The largest absolute Gasteiger partial charge is 0.335 e. The Morgan fingerprint density at radius 2 is 1.96 bits per heavy atom. The van der Waals surface area contributed by atoms with E-state index in [1.807, 2.05) is 0 Å². The highest BCUT2D eigenvalue weighted by atomic mass is 35.5. The first-order valence-corrected chi connectivity index (χ1v) is 11.2. The molecule has 2 fully saturated rings. The standard InChI is InChI=1S/C18H25ClFN3O3S/c1-14-4-2-3-7-22(14)13-18(24)21-8-10-23(11-9-21)27(25,26)15-5-6-17(20)16(19)12-15/h5-6,12,14H,2-4,7-11,13H2,1H3/p+1/t14-/m1/s1. The number of sulfonamides is 1. The van der Waals surface area contributed by atoms with Crippen molar-refractivity contribution >= 4 is 27.5 Å². The van der Waals surface area contributed by atoms with E-state index < -0.39 is 15.8 Å². The van der Waals surface area contributed by atoms with Gasteiger partial charge in [-0.25, -0.2) is 12.8 Å². The van der Waals surface area contributed by atoms with Crippen LogP contribution in [0.3, 0.4) is 0 Å². The van der Waals surface area contributed by atoms with E-state index in [9.17, 15) is 17.6 Å². The van der Waals surface area contributed by atoms with Crippen LogP contribution in [0.1, 0.15) is 26.2 Å². The number of hydrogen-bond donors (Lipinski definition) is 1. The van der Waals surface area contributed by atoms with E-state index in [0.717, 1.165) is 31.5 Å². The van der Waals surface area contributed by atoms with Crippen LogP contribution in [0.2, 0.25) is 5.02 Å². The van der Waals surface area contributed by atoms with Gasteiger partial charge in [-0.2, -0.15) is 4.31 Å². The number of halogens is 2. The first-order chi connectivity index (χ1) is 12.8. The van der Waals surface area contributed by atoms with E-state index in [1.54, 1.807) is 4.90 Å². The molecule has 2 aliphatic rings. The summed E-state index contributed by atoms with van der Waals surface area (Å²) in [5.41, 5.74) is 0. The van der Waals surface area contributed by atoms with Crippen LogP contribution in [0.15, 0.2) is 23.1 Å². The molecule has 0 aliphatic carbocycles. The van der Waals surface area contributed by atoms with Gasteiger partial charge in [-0.3, -0.25) is 4.79 Å². The molecule has 0 radical (unpaired) electrons. The van der Waals surface area contributed by atoms with E-state index in [0.29, 0.717) is 25.7 Å². The first kappa shape index (κ1) is 20.5. The average molecular weight is 419 g/mol. The number of piperazine rings is 1. The number of nitrogens with zero attached hydrogens (tertiary/aromatic N) is 2. The van der Waals surface area contributed by atoms with Gasteiger partial charge in [0, 0.05) is 26.2 Å². The molecule has 1 N–H and O–H groups in total. The summed E-state index contributed by atoms with van der Waals surface area (Å²) in [7, 11) is -3.75. The molecule has 1 aromatic carbocycles. The molecule has 0 saturated carbocycles. The van der Waals surface area contributed by atoms with Crippen molar-refractivity contribution in [2.24, 2.45) is 0 Å². The molecule has 2 aliphatic heterocycles. The maximum atomic E-state index is 13.3. The summed E-state index contributed by atoms with van der Waals surface area (Å²) in [5, 5.41) is -0.219. The van der Waals surface area contributed by atoms with Gasteiger partial charge < -0.3 is 9.80 Å². The molecule has 1 aromatic rings. The lowest BCUT2D eigenvalue weighted by molar-refractivity contribution is -0.921. The van der Waals surface area contributed by atoms with Crippen molar-refractivity contribution < 1.29 is 22.5 Å². The predicted molar refractivity (Wildman–Crippen MR) is 101 cm³/mol. The minimum absolute atomic E-state index is 0.0275. The molecule has 2 atom stereocenters. The van der Waals surface area contributed by atoms with Crippen LogP contribution in [-0.4, -0.2) is 68.8 Å². The Morgan fingerprint density at radius 1 is 1.26 bits per heavy atom. The van der Waals surface area contributed by atoms with Crippen LogP contribution in [-0.2, 0) is 14.8 Å². The fourth-order valence-corrected chi connectivity index (χ4v) is 5.48. The number of carbonyl (C=O) groups is 1. The Morgan fingerprint density at radius 3 is 2.59 bits per heavy atom. The molecule has 2 saturated heterocycles.